The number of anilines is 1. The third kappa shape index (κ3) is 3.52. The largest absolute Gasteiger partial charge is 0.354 e. The number of carbonyl (C=O) groups is 3. The Morgan fingerprint density at radius 2 is 2.07 bits per heavy atom. The van der Waals surface area contributed by atoms with Crippen molar-refractivity contribution in [1.82, 2.24) is 14.9 Å². The predicted molar refractivity (Wildman–Crippen MR) is 117 cm³/mol. The minimum Gasteiger partial charge on any atom is -0.354 e. The van der Waals surface area contributed by atoms with Gasteiger partial charge in [-0.2, -0.15) is 0 Å². The van der Waals surface area contributed by atoms with Gasteiger partial charge >= 0.3 is 0 Å². The van der Waals surface area contributed by atoms with Crippen molar-refractivity contribution in [3.63, 3.8) is 0 Å². The van der Waals surface area contributed by atoms with E-state index in [0.29, 0.717) is 41.5 Å². The molecule has 7 nitrogen and oxygen atoms in total. The fourth-order valence-electron chi connectivity index (χ4n) is 4.23. The molecule has 4 rings (SSSR count). The molecule has 1 aliphatic rings. The molecule has 0 bridgehead atoms. The maximum Gasteiger partial charge on any atom is 0.271 e. The fraction of sp³-hybridized carbons (Fsp3) is 0.364. The number of amides is 2. The van der Waals surface area contributed by atoms with Crippen LogP contribution in [0, 0.1) is 6.92 Å². The first kappa shape index (κ1) is 20.3. The fourth-order valence-corrected chi connectivity index (χ4v) is 5.10. The molecule has 0 aliphatic carbocycles. The van der Waals surface area contributed by atoms with Gasteiger partial charge < -0.3 is 15.2 Å². The zero-order valence-corrected chi connectivity index (χ0v) is 18.1. The van der Waals surface area contributed by atoms with Crippen molar-refractivity contribution in [2.75, 3.05) is 11.9 Å². The van der Waals surface area contributed by atoms with Crippen molar-refractivity contribution >= 4 is 44.3 Å². The highest BCUT2D eigenvalue weighted by atomic mass is 32.1. The summed E-state index contributed by atoms with van der Waals surface area (Å²) in [5.41, 5.74) is 3.25. The Bertz CT molecular complexity index is 1110. The van der Waals surface area contributed by atoms with Gasteiger partial charge in [0.2, 0.25) is 5.91 Å². The molecule has 2 N–H and O–H groups in total. The van der Waals surface area contributed by atoms with E-state index in [1.54, 1.807) is 11.8 Å². The number of rotatable bonds is 5. The van der Waals surface area contributed by atoms with Crippen LogP contribution in [0.2, 0.25) is 0 Å². The van der Waals surface area contributed by atoms with E-state index in [0.717, 1.165) is 22.2 Å². The monoisotopic (exact) mass is 424 g/mol. The molecule has 30 heavy (non-hydrogen) atoms. The van der Waals surface area contributed by atoms with Crippen molar-refractivity contribution in [1.29, 1.82) is 0 Å². The first-order chi connectivity index (χ1) is 14.4. The van der Waals surface area contributed by atoms with Crippen LogP contribution in [0.5, 0.6) is 0 Å². The molecule has 1 unspecified atom stereocenters. The number of aromatic amines is 1. The number of thiazole rings is 1. The van der Waals surface area contributed by atoms with E-state index in [2.05, 4.69) is 15.3 Å². The van der Waals surface area contributed by atoms with Gasteiger partial charge in [-0.3, -0.25) is 14.4 Å². The summed E-state index contributed by atoms with van der Waals surface area (Å²) in [4.78, 5) is 47.5. The van der Waals surface area contributed by atoms with E-state index in [1.165, 1.54) is 18.3 Å². The molecule has 3 heterocycles. The number of H-pyrrole nitrogens is 1. The van der Waals surface area contributed by atoms with E-state index in [4.69, 9.17) is 0 Å². The number of ketones is 1. The molecule has 2 aromatic heterocycles. The minimum atomic E-state index is -0.557. The van der Waals surface area contributed by atoms with Crippen molar-refractivity contribution in [3.8, 4) is 0 Å². The maximum absolute atomic E-state index is 13.3. The summed E-state index contributed by atoms with van der Waals surface area (Å²) >= 11 is 1.41. The molecule has 1 saturated heterocycles. The normalized spacial score (nSPS) is 16.2. The number of hydrogen-bond donors (Lipinski definition) is 2. The van der Waals surface area contributed by atoms with Crippen molar-refractivity contribution in [2.45, 2.75) is 46.1 Å². The quantitative estimate of drug-likeness (QED) is 0.607. The standard InChI is InChI=1S/C22H24N4O3S/c1-4-14-18(13(3)27)12(2)23-19(14)21(29)26-11-7-9-16(26)20(28)25-22-24-15-8-5-6-10-17(15)30-22/h5-6,8,10,16,23H,4,7,9,11H2,1-3H3,(H,24,25,28). The maximum atomic E-state index is 13.3. The molecule has 3 aromatic rings. The SMILES string of the molecule is CCc1c(C(=O)N2CCCC2C(=O)Nc2nc3ccccc3s2)[nH]c(C)c1C(C)=O. The lowest BCUT2D eigenvalue weighted by Crippen LogP contribution is -2.43. The molecule has 8 heteroatoms. The summed E-state index contributed by atoms with van der Waals surface area (Å²) < 4.78 is 0.998. The second-order valence-electron chi connectivity index (χ2n) is 7.52. The van der Waals surface area contributed by atoms with E-state index in [-0.39, 0.29) is 17.6 Å². The third-order valence-electron chi connectivity index (χ3n) is 5.55. The van der Waals surface area contributed by atoms with E-state index < -0.39 is 6.04 Å². The van der Waals surface area contributed by atoms with E-state index in [1.807, 2.05) is 31.2 Å². The van der Waals surface area contributed by atoms with Gasteiger partial charge in [-0.05, 0) is 50.8 Å². The molecule has 0 radical (unpaired) electrons. The number of likely N-dealkylation sites (tertiary alicyclic amines) is 1. The molecule has 2 amide bonds. The summed E-state index contributed by atoms with van der Waals surface area (Å²) in [5, 5.41) is 3.42. The van der Waals surface area contributed by atoms with Crippen LogP contribution in [-0.4, -0.2) is 45.1 Å². The van der Waals surface area contributed by atoms with Crippen LogP contribution < -0.4 is 5.32 Å². The number of fused-ring (bicyclic) bond motifs is 1. The number of aryl methyl sites for hydroxylation is 1. The Balaban J connectivity index is 1.57. The first-order valence-corrected chi connectivity index (χ1v) is 10.9. The zero-order chi connectivity index (χ0) is 21.4. The van der Waals surface area contributed by atoms with Crippen molar-refractivity contribution in [3.05, 3.63) is 46.8 Å². The number of Topliss-reactive ketones (excluding diaryl/α,β-unsaturated/α-hetero) is 1. The second kappa shape index (κ2) is 8.02. The molecule has 156 valence electrons. The summed E-state index contributed by atoms with van der Waals surface area (Å²) in [5.74, 6) is -0.524. The number of benzene rings is 1. The Hall–Kier alpha value is -3.00. The van der Waals surface area contributed by atoms with Crippen LogP contribution in [-0.2, 0) is 11.2 Å². The van der Waals surface area contributed by atoms with Gasteiger partial charge in [0.15, 0.2) is 10.9 Å². The Labute approximate surface area is 178 Å². The minimum absolute atomic E-state index is 0.0637. The second-order valence-corrected chi connectivity index (χ2v) is 8.55. The molecule has 1 fully saturated rings. The Morgan fingerprint density at radius 3 is 2.77 bits per heavy atom. The number of carbonyl (C=O) groups excluding carboxylic acids is 3. The average molecular weight is 425 g/mol. The molecule has 1 aromatic carbocycles. The third-order valence-corrected chi connectivity index (χ3v) is 6.50. The number of hydrogen-bond acceptors (Lipinski definition) is 5. The van der Waals surface area contributed by atoms with Crippen LogP contribution in [0.15, 0.2) is 24.3 Å². The molecule has 0 spiro atoms. The molecular weight excluding hydrogens is 400 g/mol. The highest BCUT2D eigenvalue weighted by Crippen LogP contribution is 2.28. The van der Waals surface area contributed by atoms with Gasteiger partial charge in [-0.15, -0.1) is 0 Å². The van der Waals surface area contributed by atoms with Crippen LogP contribution in [0.4, 0.5) is 5.13 Å². The molecule has 0 saturated carbocycles. The first-order valence-electron chi connectivity index (χ1n) is 10.1. The molecular formula is C22H24N4O3S. The van der Waals surface area contributed by atoms with Gasteiger partial charge in [0.1, 0.15) is 11.7 Å². The molecule has 1 atom stereocenters. The summed E-state index contributed by atoms with van der Waals surface area (Å²) in [6.07, 6.45) is 1.92. The number of para-hydroxylation sites is 1. The van der Waals surface area contributed by atoms with Gasteiger partial charge in [-0.25, -0.2) is 4.98 Å². The van der Waals surface area contributed by atoms with Crippen LogP contribution in [0.3, 0.4) is 0 Å². The van der Waals surface area contributed by atoms with Crippen LogP contribution >= 0.6 is 11.3 Å². The molecule has 1 aliphatic heterocycles. The lowest BCUT2D eigenvalue weighted by Gasteiger charge is -2.23. The number of nitrogens with zero attached hydrogens (tertiary/aromatic N) is 2. The van der Waals surface area contributed by atoms with Crippen LogP contribution in [0.1, 0.15) is 58.8 Å². The highest BCUT2D eigenvalue weighted by Gasteiger charge is 2.37. The van der Waals surface area contributed by atoms with E-state index >= 15 is 0 Å². The van der Waals surface area contributed by atoms with E-state index in [9.17, 15) is 14.4 Å². The van der Waals surface area contributed by atoms with Crippen LogP contribution in [0.25, 0.3) is 10.2 Å². The summed E-state index contributed by atoms with van der Waals surface area (Å²) in [6, 6.07) is 7.14. The lowest BCUT2D eigenvalue weighted by atomic mass is 10.0. The Kier molecular flexibility index (Phi) is 5.42. The lowest BCUT2D eigenvalue weighted by molar-refractivity contribution is -0.119. The predicted octanol–water partition coefficient (Wildman–Crippen LogP) is 3.94. The number of aromatic nitrogens is 2. The summed E-state index contributed by atoms with van der Waals surface area (Å²) in [6.45, 7) is 5.74. The van der Waals surface area contributed by atoms with Gasteiger partial charge in [-0.1, -0.05) is 30.4 Å². The average Bonchev–Trinajstić information content (AvgIpc) is 3.42. The smallest absolute Gasteiger partial charge is 0.271 e. The highest BCUT2D eigenvalue weighted by molar-refractivity contribution is 7.22. The summed E-state index contributed by atoms with van der Waals surface area (Å²) in [7, 11) is 0. The van der Waals surface area contributed by atoms with Crippen molar-refractivity contribution < 1.29 is 14.4 Å². The van der Waals surface area contributed by atoms with Gasteiger partial charge in [0.25, 0.3) is 5.91 Å². The zero-order valence-electron chi connectivity index (χ0n) is 17.2. The topological polar surface area (TPSA) is 95.2 Å². The van der Waals surface area contributed by atoms with Crippen molar-refractivity contribution in [2.24, 2.45) is 0 Å². The van der Waals surface area contributed by atoms with Gasteiger partial charge in [0, 0.05) is 17.8 Å². The van der Waals surface area contributed by atoms with Gasteiger partial charge in [0.05, 0.1) is 10.2 Å². The Morgan fingerprint density at radius 1 is 1.30 bits per heavy atom. The number of nitrogens with one attached hydrogen (secondary N) is 2.